The standard InChI is InChI=1S/C11H22N2O2S/c1-9(2)3-4-11(13-12)7-10-5-6-16(14,15)8-10/h10-11,13H,1,3-8,12H2,2H3. The summed E-state index contributed by atoms with van der Waals surface area (Å²) in [5.41, 5.74) is 3.91. The average molecular weight is 246 g/mol. The second-order valence-electron chi connectivity index (χ2n) is 4.86. The van der Waals surface area contributed by atoms with Gasteiger partial charge in [-0.2, -0.15) is 0 Å². The largest absolute Gasteiger partial charge is 0.271 e. The molecular formula is C11H22N2O2S. The Morgan fingerprint density at radius 2 is 2.31 bits per heavy atom. The molecule has 0 aromatic heterocycles. The summed E-state index contributed by atoms with van der Waals surface area (Å²) < 4.78 is 22.6. The van der Waals surface area contributed by atoms with Crippen molar-refractivity contribution in [1.29, 1.82) is 0 Å². The lowest BCUT2D eigenvalue weighted by molar-refractivity contribution is 0.392. The van der Waals surface area contributed by atoms with E-state index < -0.39 is 9.84 Å². The van der Waals surface area contributed by atoms with Gasteiger partial charge in [0.1, 0.15) is 0 Å². The molecule has 1 heterocycles. The van der Waals surface area contributed by atoms with Gasteiger partial charge in [-0.3, -0.25) is 11.3 Å². The third kappa shape index (κ3) is 4.63. The van der Waals surface area contributed by atoms with Gasteiger partial charge in [0.2, 0.25) is 0 Å². The molecule has 1 saturated heterocycles. The maximum absolute atomic E-state index is 11.3. The summed E-state index contributed by atoms with van der Waals surface area (Å²) in [6.07, 6.45) is 3.51. The highest BCUT2D eigenvalue weighted by molar-refractivity contribution is 7.91. The van der Waals surface area contributed by atoms with Gasteiger partial charge < -0.3 is 0 Å². The number of sulfone groups is 1. The van der Waals surface area contributed by atoms with Gasteiger partial charge in [0, 0.05) is 6.04 Å². The Morgan fingerprint density at radius 1 is 1.62 bits per heavy atom. The summed E-state index contributed by atoms with van der Waals surface area (Å²) in [5, 5.41) is 0. The van der Waals surface area contributed by atoms with Crippen molar-refractivity contribution >= 4 is 9.84 Å². The summed E-state index contributed by atoms with van der Waals surface area (Å²) >= 11 is 0. The van der Waals surface area contributed by atoms with E-state index in [9.17, 15) is 8.42 Å². The van der Waals surface area contributed by atoms with Crippen molar-refractivity contribution in [2.75, 3.05) is 11.5 Å². The van der Waals surface area contributed by atoms with Crippen LogP contribution in [-0.2, 0) is 9.84 Å². The van der Waals surface area contributed by atoms with Crippen LogP contribution in [0, 0.1) is 5.92 Å². The van der Waals surface area contributed by atoms with Crippen molar-refractivity contribution in [3.8, 4) is 0 Å². The van der Waals surface area contributed by atoms with Crippen LogP contribution in [0.25, 0.3) is 0 Å². The van der Waals surface area contributed by atoms with Crippen molar-refractivity contribution in [2.45, 2.75) is 38.6 Å². The molecule has 0 amide bonds. The molecule has 0 aromatic rings. The van der Waals surface area contributed by atoms with E-state index in [-0.39, 0.29) is 12.0 Å². The molecule has 16 heavy (non-hydrogen) atoms. The van der Waals surface area contributed by atoms with E-state index >= 15 is 0 Å². The van der Waals surface area contributed by atoms with E-state index in [1.165, 1.54) is 0 Å². The number of hydrazine groups is 1. The molecule has 4 nitrogen and oxygen atoms in total. The Morgan fingerprint density at radius 3 is 2.75 bits per heavy atom. The topological polar surface area (TPSA) is 72.2 Å². The Hall–Kier alpha value is -0.390. The first-order chi connectivity index (χ1) is 7.43. The highest BCUT2D eigenvalue weighted by atomic mass is 32.2. The van der Waals surface area contributed by atoms with Crippen LogP contribution >= 0.6 is 0 Å². The molecule has 3 N–H and O–H groups in total. The Labute approximate surface area is 98.2 Å². The normalized spacial score (nSPS) is 25.5. The molecule has 1 aliphatic heterocycles. The van der Waals surface area contributed by atoms with E-state index in [0.29, 0.717) is 11.5 Å². The molecule has 1 fully saturated rings. The zero-order valence-electron chi connectivity index (χ0n) is 9.91. The van der Waals surface area contributed by atoms with Crippen LogP contribution in [0.3, 0.4) is 0 Å². The van der Waals surface area contributed by atoms with Gasteiger partial charge in [0.05, 0.1) is 11.5 Å². The summed E-state index contributed by atoms with van der Waals surface area (Å²) in [6, 6.07) is 0.204. The lowest BCUT2D eigenvalue weighted by Gasteiger charge is -2.18. The fourth-order valence-electron chi connectivity index (χ4n) is 2.15. The molecule has 2 atom stereocenters. The van der Waals surface area contributed by atoms with E-state index in [1.807, 2.05) is 6.92 Å². The lowest BCUT2D eigenvalue weighted by Crippen LogP contribution is -2.36. The molecule has 0 radical (unpaired) electrons. The van der Waals surface area contributed by atoms with E-state index in [4.69, 9.17) is 5.84 Å². The first kappa shape index (κ1) is 13.7. The van der Waals surface area contributed by atoms with Crippen LogP contribution in [0.1, 0.15) is 32.6 Å². The second-order valence-corrected chi connectivity index (χ2v) is 7.09. The van der Waals surface area contributed by atoms with E-state index in [1.54, 1.807) is 0 Å². The molecule has 0 bridgehead atoms. The molecule has 0 spiro atoms. The molecule has 0 aromatic carbocycles. The highest BCUT2D eigenvalue weighted by Crippen LogP contribution is 2.24. The quantitative estimate of drug-likeness (QED) is 0.416. The second kappa shape index (κ2) is 5.80. The van der Waals surface area contributed by atoms with Crippen molar-refractivity contribution in [1.82, 2.24) is 5.43 Å². The van der Waals surface area contributed by atoms with Crippen molar-refractivity contribution in [3.63, 3.8) is 0 Å². The fourth-order valence-corrected chi connectivity index (χ4v) is 4.03. The summed E-state index contributed by atoms with van der Waals surface area (Å²) in [7, 11) is -2.77. The van der Waals surface area contributed by atoms with Gasteiger partial charge >= 0.3 is 0 Å². The van der Waals surface area contributed by atoms with E-state index in [0.717, 1.165) is 31.3 Å². The lowest BCUT2D eigenvalue weighted by atomic mass is 9.96. The van der Waals surface area contributed by atoms with Crippen molar-refractivity contribution < 1.29 is 8.42 Å². The highest BCUT2D eigenvalue weighted by Gasteiger charge is 2.29. The predicted octanol–water partition coefficient (Wildman–Crippen LogP) is 0.999. The Kier molecular flexibility index (Phi) is 4.95. The van der Waals surface area contributed by atoms with Crippen LogP contribution in [0.2, 0.25) is 0 Å². The van der Waals surface area contributed by atoms with Crippen LogP contribution in [0.4, 0.5) is 0 Å². The molecule has 5 heteroatoms. The molecule has 1 rings (SSSR count). The molecular weight excluding hydrogens is 224 g/mol. The maximum atomic E-state index is 11.3. The van der Waals surface area contributed by atoms with Crippen molar-refractivity contribution in [3.05, 3.63) is 12.2 Å². The maximum Gasteiger partial charge on any atom is 0.150 e. The number of nitrogens with one attached hydrogen (secondary N) is 1. The first-order valence-electron chi connectivity index (χ1n) is 5.74. The fraction of sp³-hybridized carbons (Fsp3) is 0.818. The minimum atomic E-state index is -2.77. The zero-order valence-corrected chi connectivity index (χ0v) is 10.7. The van der Waals surface area contributed by atoms with Gasteiger partial charge in [-0.1, -0.05) is 5.57 Å². The van der Waals surface area contributed by atoms with E-state index in [2.05, 4.69) is 12.0 Å². The number of nitrogens with two attached hydrogens (primary N) is 1. The SMILES string of the molecule is C=C(C)CCC(CC1CCS(=O)(=O)C1)NN. The Bertz CT molecular complexity index is 338. The van der Waals surface area contributed by atoms with Gasteiger partial charge in [-0.15, -0.1) is 6.58 Å². The minimum absolute atomic E-state index is 0.204. The van der Waals surface area contributed by atoms with Crippen LogP contribution in [0.5, 0.6) is 0 Å². The summed E-state index contributed by atoms with van der Waals surface area (Å²) in [4.78, 5) is 0. The van der Waals surface area contributed by atoms with Gasteiger partial charge in [0.15, 0.2) is 9.84 Å². The van der Waals surface area contributed by atoms with Crippen LogP contribution in [-0.4, -0.2) is 26.0 Å². The van der Waals surface area contributed by atoms with Gasteiger partial charge in [0.25, 0.3) is 0 Å². The monoisotopic (exact) mass is 246 g/mol. The average Bonchev–Trinajstić information content (AvgIpc) is 2.52. The summed E-state index contributed by atoms with van der Waals surface area (Å²) in [5.74, 6) is 6.42. The third-order valence-electron chi connectivity index (χ3n) is 3.10. The molecule has 1 aliphatic rings. The number of rotatable bonds is 6. The van der Waals surface area contributed by atoms with Crippen LogP contribution < -0.4 is 11.3 Å². The number of hydrogen-bond donors (Lipinski definition) is 2. The number of hydrogen-bond acceptors (Lipinski definition) is 4. The number of allylic oxidation sites excluding steroid dienone is 1. The Balaban J connectivity index is 2.36. The third-order valence-corrected chi connectivity index (χ3v) is 4.94. The summed E-state index contributed by atoms with van der Waals surface area (Å²) in [6.45, 7) is 5.85. The molecule has 0 aliphatic carbocycles. The first-order valence-corrected chi connectivity index (χ1v) is 7.56. The zero-order chi connectivity index (χ0) is 12.2. The smallest absolute Gasteiger partial charge is 0.150 e. The predicted molar refractivity (Wildman–Crippen MR) is 66.5 cm³/mol. The molecule has 0 saturated carbocycles. The van der Waals surface area contributed by atoms with Crippen LogP contribution in [0.15, 0.2) is 12.2 Å². The van der Waals surface area contributed by atoms with Gasteiger partial charge in [-0.05, 0) is 38.5 Å². The molecule has 2 unspecified atom stereocenters. The molecule has 94 valence electrons. The minimum Gasteiger partial charge on any atom is -0.271 e. The van der Waals surface area contributed by atoms with Gasteiger partial charge in [-0.25, -0.2) is 8.42 Å². The van der Waals surface area contributed by atoms with Crippen molar-refractivity contribution in [2.24, 2.45) is 11.8 Å².